The molecule has 2 N–H and O–H groups in total. The number of unbranched alkanes of at least 4 members (excludes halogenated alkanes) is 13. The number of carbonyl (C=O) groups is 1. The Labute approximate surface area is 228 Å². The minimum absolute atomic E-state index is 0.00466. The van der Waals surface area contributed by atoms with Crippen LogP contribution >= 0.6 is 7.82 Å². The molecule has 0 heterocycles. The zero-order valence-electron chi connectivity index (χ0n) is 24.7. The number of likely N-dealkylation sites (N-methyl/N-ethyl adjacent to an activating group) is 1. The van der Waals surface area contributed by atoms with Gasteiger partial charge >= 0.3 is 0 Å². The molecule has 0 aliphatic heterocycles. The second kappa shape index (κ2) is 22.3. The van der Waals surface area contributed by atoms with E-state index in [1.807, 2.05) is 21.1 Å². The van der Waals surface area contributed by atoms with Gasteiger partial charge in [-0.1, -0.05) is 97.3 Å². The van der Waals surface area contributed by atoms with Crippen LogP contribution in [0.1, 0.15) is 123 Å². The first-order valence-corrected chi connectivity index (χ1v) is 16.4. The number of phosphoric acid groups is 1. The Kier molecular flexibility index (Phi) is 22.0. The predicted octanol–water partition coefficient (Wildman–Crippen LogP) is 5.71. The first kappa shape index (κ1) is 36.5. The Morgan fingerprint density at radius 1 is 0.838 bits per heavy atom. The molecule has 9 heteroatoms. The molecule has 0 bridgehead atoms. The Balaban J connectivity index is 4.67. The summed E-state index contributed by atoms with van der Waals surface area (Å²) in [6, 6.07) is 0. The van der Waals surface area contributed by atoms with Crippen LogP contribution in [0.2, 0.25) is 0 Å². The third kappa shape index (κ3) is 26.9. The van der Waals surface area contributed by atoms with Crippen molar-refractivity contribution in [1.82, 2.24) is 5.32 Å². The van der Waals surface area contributed by atoms with Gasteiger partial charge in [0.15, 0.2) is 0 Å². The minimum Gasteiger partial charge on any atom is -0.756 e. The van der Waals surface area contributed by atoms with Gasteiger partial charge in [-0.2, -0.15) is 0 Å². The Bertz CT molecular complexity index is 594. The van der Waals surface area contributed by atoms with Gasteiger partial charge in [0.05, 0.1) is 27.2 Å². The van der Waals surface area contributed by atoms with Crippen LogP contribution in [0.25, 0.3) is 0 Å². The van der Waals surface area contributed by atoms with Gasteiger partial charge < -0.3 is 28.8 Å². The number of ether oxygens (including phenoxy) is 1. The number of phosphoric ester groups is 1. The Morgan fingerprint density at radius 3 is 1.81 bits per heavy atom. The molecule has 0 aromatic heterocycles. The number of nitrogens with zero attached hydrogens (tertiary/aromatic N) is 1. The van der Waals surface area contributed by atoms with Crippen LogP contribution in [-0.2, 0) is 18.6 Å². The van der Waals surface area contributed by atoms with Crippen molar-refractivity contribution in [2.45, 2.75) is 135 Å². The molecule has 37 heavy (non-hydrogen) atoms. The fourth-order valence-electron chi connectivity index (χ4n) is 4.50. The lowest BCUT2D eigenvalue weighted by atomic mass is 10.1. The van der Waals surface area contributed by atoms with Gasteiger partial charge in [-0.3, -0.25) is 9.36 Å². The van der Waals surface area contributed by atoms with Crippen LogP contribution < -0.4 is 10.2 Å². The van der Waals surface area contributed by atoms with E-state index in [1.54, 1.807) is 0 Å². The summed E-state index contributed by atoms with van der Waals surface area (Å²) >= 11 is 0. The lowest BCUT2D eigenvalue weighted by Crippen LogP contribution is -2.45. The van der Waals surface area contributed by atoms with E-state index >= 15 is 0 Å². The molecule has 0 saturated heterocycles. The van der Waals surface area contributed by atoms with Crippen molar-refractivity contribution in [3.05, 3.63) is 0 Å². The van der Waals surface area contributed by atoms with Crippen molar-refractivity contribution in [2.24, 2.45) is 0 Å². The summed E-state index contributed by atoms with van der Waals surface area (Å²) in [5, 5.41) is 2.97. The highest BCUT2D eigenvalue weighted by Gasteiger charge is 2.27. The van der Waals surface area contributed by atoms with Crippen LogP contribution in [0.4, 0.5) is 0 Å². The van der Waals surface area contributed by atoms with Crippen molar-refractivity contribution < 1.29 is 32.9 Å². The molecular weight excluding hydrogens is 491 g/mol. The maximum Gasteiger partial charge on any atom is 0.265 e. The lowest BCUT2D eigenvalue weighted by Gasteiger charge is -2.33. The molecule has 0 aromatic rings. The molecule has 0 aliphatic carbocycles. The normalized spacial score (nSPS) is 15.3. The molecule has 1 amide bonds. The van der Waals surface area contributed by atoms with Crippen molar-refractivity contribution >= 4 is 13.7 Å². The number of carbonyl (C=O) groups excluding carboxylic acids is 1. The SMILES string of the molecule is CCCCCCCCCCOC(CNC(=O)CCCCCCCCC)CC(C[N+](C)(C)C)OP(=O)([O-])O. The molecule has 0 spiro atoms. The van der Waals surface area contributed by atoms with Crippen molar-refractivity contribution in [3.8, 4) is 0 Å². The van der Waals surface area contributed by atoms with Crippen LogP contribution in [-0.4, -0.2) is 68.3 Å². The summed E-state index contributed by atoms with van der Waals surface area (Å²) in [6.07, 6.45) is 17.3. The molecule has 0 aliphatic rings. The second-order valence-corrected chi connectivity index (χ2v) is 12.7. The smallest absolute Gasteiger partial charge is 0.265 e. The highest BCUT2D eigenvalue weighted by atomic mass is 31.2. The molecule has 0 saturated carbocycles. The minimum atomic E-state index is -4.89. The van der Waals surface area contributed by atoms with Gasteiger partial charge in [-0.15, -0.1) is 0 Å². The number of nitrogens with one attached hydrogen (secondary N) is 1. The molecule has 222 valence electrons. The van der Waals surface area contributed by atoms with Gasteiger partial charge in [0.1, 0.15) is 12.6 Å². The number of quaternary nitrogens is 1. The summed E-state index contributed by atoms with van der Waals surface area (Å²) in [6.45, 7) is 5.67. The zero-order chi connectivity index (χ0) is 28.0. The van der Waals surface area contributed by atoms with E-state index in [-0.39, 0.29) is 18.4 Å². The van der Waals surface area contributed by atoms with Crippen LogP contribution in [0.5, 0.6) is 0 Å². The number of hydrogen-bond donors (Lipinski definition) is 2. The number of hydrogen-bond acceptors (Lipinski definition) is 5. The summed E-state index contributed by atoms with van der Waals surface area (Å²) < 4.78 is 23.1. The van der Waals surface area contributed by atoms with Gasteiger partial charge in [0.25, 0.3) is 7.82 Å². The van der Waals surface area contributed by atoms with E-state index in [2.05, 4.69) is 19.2 Å². The molecule has 0 rings (SSSR count). The molecule has 0 radical (unpaired) electrons. The third-order valence-electron chi connectivity index (χ3n) is 6.45. The van der Waals surface area contributed by atoms with Gasteiger partial charge in [-0.05, 0) is 12.8 Å². The van der Waals surface area contributed by atoms with E-state index in [0.29, 0.717) is 30.6 Å². The predicted molar refractivity (Wildman–Crippen MR) is 150 cm³/mol. The summed E-state index contributed by atoms with van der Waals surface area (Å²) in [5.74, 6) is -0.00466. The molecular formula is C28H59N2O6P. The fraction of sp³-hybridized carbons (Fsp3) is 0.964. The largest absolute Gasteiger partial charge is 0.756 e. The average Bonchev–Trinajstić information content (AvgIpc) is 2.78. The summed E-state index contributed by atoms with van der Waals surface area (Å²) in [4.78, 5) is 33.2. The molecule has 0 fully saturated rings. The van der Waals surface area contributed by atoms with Crippen LogP contribution in [0.15, 0.2) is 0 Å². The quantitative estimate of drug-likeness (QED) is 0.0811. The van der Waals surface area contributed by atoms with E-state index in [0.717, 1.165) is 32.1 Å². The average molecular weight is 551 g/mol. The van der Waals surface area contributed by atoms with E-state index in [4.69, 9.17) is 9.26 Å². The highest BCUT2D eigenvalue weighted by Crippen LogP contribution is 2.34. The van der Waals surface area contributed by atoms with Crippen molar-refractivity contribution in [1.29, 1.82) is 0 Å². The topological polar surface area (TPSA) is 108 Å². The monoisotopic (exact) mass is 550 g/mol. The van der Waals surface area contributed by atoms with E-state index in [1.165, 1.54) is 64.2 Å². The number of rotatable bonds is 26. The van der Waals surface area contributed by atoms with Gasteiger partial charge in [0.2, 0.25) is 5.91 Å². The van der Waals surface area contributed by atoms with Crippen LogP contribution in [0, 0.1) is 0 Å². The lowest BCUT2D eigenvalue weighted by molar-refractivity contribution is -0.873. The summed E-state index contributed by atoms with van der Waals surface area (Å²) in [5.41, 5.74) is 0. The Morgan fingerprint density at radius 2 is 1.32 bits per heavy atom. The van der Waals surface area contributed by atoms with E-state index < -0.39 is 13.9 Å². The molecule has 3 unspecified atom stereocenters. The summed E-state index contributed by atoms with van der Waals surface area (Å²) in [7, 11) is 0.917. The Hall–Kier alpha value is -0.500. The van der Waals surface area contributed by atoms with Crippen molar-refractivity contribution in [2.75, 3.05) is 40.8 Å². The maximum absolute atomic E-state index is 12.4. The first-order chi connectivity index (χ1) is 17.5. The third-order valence-corrected chi connectivity index (χ3v) is 7.01. The van der Waals surface area contributed by atoms with E-state index in [9.17, 15) is 19.1 Å². The van der Waals surface area contributed by atoms with Crippen LogP contribution in [0.3, 0.4) is 0 Å². The van der Waals surface area contributed by atoms with Gasteiger partial charge in [0, 0.05) is 26.0 Å². The standard InChI is InChI=1S/C28H59N2O6P/c1-6-8-10-12-14-16-18-20-22-35-26(23-27(25-30(3,4)5)36-37(32,33)34)24-29-28(31)21-19-17-15-13-11-9-7-2/h26-27H,6-25H2,1-5H3,(H2-,29,31,32,33,34). The zero-order valence-corrected chi connectivity index (χ0v) is 25.6. The van der Waals surface area contributed by atoms with Crippen molar-refractivity contribution in [3.63, 3.8) is 0 Å². The second-order valence-electron chi connectivity index (χ2n) is 11.5. The van der Waals surface area contributed by atoms with Gasteiger partial charge in [-0.25, -0.2) is 0 Å². The molecule has 0 aromatic carbocycles. The molecule has 3 atom stereocenters. The highest BCUT2D eigenvalue weighted by molar-refractivity contribution is 7.44. The molecule has 8 nitrogen and oxygen atoms in total. The fourth-order valence-corrected chi connectivity index (χ4v) is 5.03. The maximum atomic E-state index is 12.4. The first-order valence-electron chi connectivity index (χ1n) is 14.9. The number of amides is 1.